The number of ether oxygens (including phenoxy) is 2. The van der Waals surface area contributed by atoms with Gasteiger partial charge in [0.2, 0.25) is 0 Å². The van der Waals surface area contributed by atoms with Crippen LogP contribution in [0.2, 0.25) is 0 Å². The quantitative estimate of drug-likeness (QED) is 0.773. The zero-order chi connectivity index (χ0) is 14.4. The molecule has 1 aliphatic heterocycles. The predicted molar refractivity (Wildman–Crippen MR) is 82.2 cm³/mol. The van der Waals surface area contributed by atoms with Crippen molar-refractivity contribution in [2.75, 3.05) is 19.7 Å². The van der Waals surface area contributed by atoms with Crippen molar-refractivity contribution in [3.8, 4) is 5.75 Å². The fourth-order valence-electron chi connectivity index (χ4n) is 2.71. The van der Waals surface area contributed by atoms with E-state index in [0.29, 0.717) is 5.92 Å². The number of rotatable bonds is 7. The molecule has 20 heavy (non-hydrogen) atoms. The maximum absolute atomic E-state index is 5.95. The van der Waals surface area contributed by atoms with E-state index >= 15 is 0 Å². The third-order valence-electron chi connectivity index (χ3n) is 3.61. The molecule has 1 N–H and O–H groups in total. The Morgan fingerprint density at radius 3 is 3.00 bits per heavy atom. The summed E-state index contributed by atoms with van der Waals surface area (Å²) in [6.07, 6.45) is 2.72. The summed E-state index contributed by atoms with van der Waals surface area (Å²) >= 11 is 0. The van der Waals surface area contributed by atoms with E-state index in [0.717, 1.165) is 31.9 Å². The van der Waals surface area contributed by atoms with Crippen LogP contribution >= 0.6 is 0 Å². The first kappa shape index (κ1) is 15.3. The SMILES string of the molecule is CCCNCC1CCOC1c1cccc(OC(C)C)c1. The first-order chi connectivity index (χ1) is 9.70. The molecule has 1 heterocycles. The van der Waals surface area contributed by atoms with E-state index in [2.05, 4.69) is 44.3 Å². The Bertz CT molecular complexity index is 406. The highest BCUT2D eigenvalue weighted by molar-refractivity contribution is 5.31. The van der Waals surface area contributed by atoms with Gasteiger partial charge in [0.05, 0.1) is 12.2 Å². The highest BCUT2D eigenvalue weighted by Gasteiger charge is 2.29. The molecule has 2 unspecified atom stereocenters. The number of benzene rings is 1. The van der Waals surface area contributed by atoms with E-state index in [1.807, 2.05) is 6.07 Å². The summed E-state index contributed by atoms with van der Waals surface area (Å²) in [7, 11) is 0. The first-order valence-electron chi connectivity index (χ1n) is 7.79. The van der Waals surface area contributed by atoms with Crippen molar-refractivity contribution in [1.82, 2.24) is 5.32 Å². The number of hydrogen-bond donors (Lipinski definition) is 1. The Labute approximate surface area is 122 Å². The van der Waals surface area contributed by atoms with E-state index in [1.54, 1.807) is 0 Å². The molecule has 1 aliphatic rings. The topological polar surface area (TPSA) is 30.5 Å². The monoisotopic (exact) mass is 277 g/mol. The molecule has 1 fully saturated rings. The normalized spacial score (nSPS) is 22.4. The lowest BCUT2D eigenvalue weighted by Gasteiger charge is -2.20. The molecule has 0 aliphatic carbocycles. The van der Waals surface area contributed by atoms with Crippen LogP contribution in [-0.2, 0) is 4.74 Å². The van der Waals surface area contributed by atoms with Gasteiger partial charge >= 0.3 is 0 Å². The molecule has 1 saturated heterocycles. The third kappa shape index (κ3) is 4.22. The molecule has 1 aromatic rings. The van der Waals surface area contributed by atoms with Gasteiger partial charge in [0.25, 0.3) is 0 Å². The van der Waals surface area contributed by atoms with Crippen LogP contribution in [0.15, 0.2) is 24.3 Å². The van der Waals surface area contributed by atoms with Crippen molar-refractivity contribution in [1.29, 1.82) is 0 Å². The number of nitrogens with one attached hydrogen (secondary N) is 1. The lowest BCUT2D eigenvalue weighted by atomic mass is 9.95. The molecule has 0 saturated carbocycles. The van der Waals surface area contributed by atoms with Crippen molar-refractivity contribution in [3.05, 3.63) is 29.8 Å². The van der Waals surface area contributed by atoms with Gasteiger partial charge in [-0.15, -0.1) is 0 Å². The summed E-state index contributed by atoms with van der Waals surface area (Å²) < 4.78 is 11.7. The van der Waals surface area contributed by atoms with Crippen molar-refractivity contribution >= 4 is 0 Å². The average Bonchev–Trinajstić information content (AvgIpc) is 2.87. The Kier molecular flexibility index (Phi) is 5.86. The second-order valence-electron chi connectivity index (χ2n) is 5.78. The first-order valence-corrected chi connectivity index (χ1v) is 7.79. The van der Waals surface area contributed by atoms with Crippen molar-refractivity contribution < 1.29 is 9.47 Å². The van der Waals surface area contributed by atoms with Gasteiger partial charge in [0, 0.05) is 19.1 Å². The molecule has 0 spiro atoms. The molecule has 2 atom stereocenters. The van der Waals surface area contributed by atoms with E-state index in [9.17, 15) is 0 Å². The average molecular weight is 277 g/mol. The molecule has 112 valence electrons. The van der Waals surface area contributed by atoms with Crippen molar-refractivity contribution in [2.45, 2.75) is 45.8 Å². The van der Waals surface area contributed by atoms with Gasteiger partial charge in [-0.25, -0.2) is 0 Å². The molecule has 2 rings (SSSR count). The van der Waals surface area contributed by atoms with Gasteiger partial charge in [-0.05, 0) is 50.9 Å². The van der Waals surface area contributed by atoms with Crippen LogP contribution < -0.4 is 10.1 Å². The van der Waals surface area contributed by atoms with Gasteiger partial charge in [-0.2, -0.15) is 0 Å². The van der Waals surface area contributed by atoms with Gasteiger partial charge in [0.1, 0.15) is 5.75 Å². The third-order valence-corrected chi connectivity index (χ3v) is 3.61. The number of hydrogen-bond acceptors (Lipinski definition) is 3. The molecular formula is C17H27NO2. The molecule has 0 amide bonds. The van der Waals surface area contributed by atoms with Crippen LogP contribution in [0.4, 0.5) is 0 Å². The van der Waals surface area contributed by atoms with Crippen LogP contribution in [0.5, 0.6) is 5.75 Å². The summed E-state index contributed by atoms with van der Waals surface area (Å²) in [5, 5.41) is 3.51. The summed E-state index contributed by atoms with van der Waals surface area (Å²) in [5.74, 6) is 1.50. The molecule has 0 bridgehead atoms. The molecule has 0 aromatic heterocycles. The lowest BCUT2D eigenvalue weighted by Crippen LogP contribution is -2.25. The Balaban J connectivity index is 2.01. The van der Waals surface area contributed by atoms with Gasteiger partial charge in [-0.3, -0.25) is 0 Å². The minimum Gasteiger partial charge on any atom is -0.491 e. The van der Waals surface area contributed by atoms with Crippen molar-refractivity contribution in [2.24, 2.45) is 5.92 Å². The summed E-state index contributed by atoms with van der Waals surface area (Å²) in [6, 6.07) is 8.35. The smallest absolute Gasteiger partial charge is 0.120 e. The fraction of sp³-hybridized carbons (Fsp3) is 0.647. The highest BCUT2D eigenvalue weighted by Crippen LogP contribution is 2.35. The Morgan fingerprint density at radius 2 is 2.25 bits per heavy atom. The minimum absolute atomic E-state index is 0.204. The predicted octanol–water partition coefficient (Wildman–Crippen LogP) is 3.55. The Morgan fingerprint density at radius 1 is 1.40 bits per heavy atom. The summed E-state index contributed by atoms with van der Waals surface area (Å²) in [4.78, 5) is 0. The molecule has 1 aromatic carbocycles. The van der Waals surface area contributed by atoms with Gasteiger partial charge in [0.15, 0.2) is 0 Å². The molecule has 3 nitrogen and oxygen atoms in total. The maximum atomic E-state index is 5.95. The van der Waals surface area contributed by atoms with Crippen LogP contribution in [0, 0.1) is 5.92 Å². The lowest BCUT2D eigenvalue weighted by molar-refractivity contribution is 0.0902. The van der Waals surface area contributed by atoms with Gasteiger partial charge in [-0.1, -0.05) is 19.1 Å². The van der Waals surface area contributed by atoms with Crippen molar-refractivity contribution in [3.63, 3.8) is 0 Å². The zero-order valence-corrected chi connectivity index (χ0v) is 12.9. The highest BCUT2D eigenvalue weighted by atomic mass is 16.5. The van der Waals surface area contributed by atoms with Crippen LogP contribution in [-0.4, -0.2) is 25.8 Å². The minimum atomic E-state index is 0.204. The zero-order valence-electron chi connectivity index (χ0n) is 12.9. The van der Waals surface area contributed by atoms with Gasteiger partial charge < -0.3 is 14.8 Å². The second-order valence-corrected chi connectivity index (χ2v) is 5.78. The molecule has 3 heteroatoms. The van der Waals surface area contributed by atoms with Crippen LogP contribution in [0.3, 0.4) is 0 Å². The summed E-state index contributed by atoms with van der Waals surface area (Å²) in [6.45, 7) is 9.28. The molecule has 0 radical (unpaired) electrons. The largest absolute Gasteiger partial charge is 0.491 e. The standard InChI is InChI=1S/C17H27NO2/c1-4-9-18-12-15-8-10-19-17(15)14-6-5-7-16(11-14)20-13(2)3/h5-7,11,13,15,17-18H,4,8-10,12H2,1-3H3. The molecular weight excluding hydrogens is 250 g/mol. The van der Waals surface area contributed by atoms with Crippen LogP contribution in [0.1, 0.15) is 45.3 Å². The summed E-state index contributed by atoms with van der Waals surface area (Å²) in [5.41, 5.74) is 1.24. The maximum Gasteiger partial charge on any atom is 0.120 e. The van der Waals surface area contributed by atoms with Crippen LogP contribution in [0.25, 0.3) is 0 Å². The Hall–Kier alpha value is -1.06. The van der Waals surface area contributed by atoms with E-state index in [4.69, 9.17) is 9.47 Å². The van der Waals surface area contributed by atoms with E-state index in [1.165, 1.54) is 12.0 Å². The fourth-order valence-corrected chi connectivity index (χ4v) is 2.71. The van der Waals surface area contributed by atoms with E-state index < -0.39 is 0 Å². The second kappa shape index (κ2) is 7.65. The van der Waals surface area contributed by atoms with E-state index in [-0.39, 0.29) is 12.2 Å².